The van der Waals surface area contributed by atoms with Crippen LogP contribution in [0.15, 0.2) is 5.38 Å². The van der Waals surface area contributed by atoms with Gasteiger partial charge in [0.2, 0.25) is 0 Å². The highest BCUT2D eigenvalue weighted by Crippen LogP contribution is 2.25. The summed E-state index contributed by atoms with van der Waals surface area (Å²) in [7, 11) is 0. The van der Waals surface area contributed by atoms with E-state index in [9.17, 15) is 18.0 Å². The topological polar surface area (TPSA) is 42.4 Å². The van der Waals surface area contributed by atoms with Crippen molar-refractivity contribution in [3.8, 4) is 0 Å². The lowest BCUT2D eigenvalue weighted by molar-refractivity contribution is -0.142. The zero-order chi connectivity index (χ0) is 14.5. The predicted molar refractivity (Wildman–Crippen MR) is 66.4 cm³/mol. The quantitative estimate of drug-likeness (QED) is 0.757. The van der Waals surface area contributed by atoms with E-state index in [1.54, 1.807) is 19.2 Å². The first-order valence-corrected chi connectivity index (χ1v) is 6.65. The van der Waals surface area contributed by atoms with Crippen LogP contribution in [0.1, 0.15) is 19.5 Å². The van der Waals surface area contributed by atoms with E-state index in [0.29, 0.717) is 5.69 Å². The lowest BCUT2D eigenvalue weighted by atomic mass is 10.3. The van der Waals surface area contributed by atoms with E-state index in [1.807, 2.05) is 0 Å². The Hall–Kier alpha value is -1.31. The number of ether oxygens (including phenoxy) is 1. The van der Waals surface area contributed by atoms with Crippen molar-refractivity contribution in [2.45, 2.75) is 26.4 Å². The summed E-state index contributed by atoms with van der Waals surface area (Å²) in [5.74, 6) is -0.432. The molecule has 0 N–H and O–H groups in total. The molecule has 1 aromatic rings. The van der Waals surface area contributed by atoms with Crippen molar-refractivity contribution in [2.75, 3.05) is 24.6 Å². The number of hydrogen-bond acceptors (Lipinski definition) is 5. The minimum atomic E-state index is -4.27. The fourth-order valence-corrected chi connectivity index (χ4v) is 2.30. The van der Waals surface area contributed by atoms with Gasteiger partial charge in [0.25, 0.3) is 0 Å². The second-order valence-corrected chi connectivity index (χ2v) is 4.57. The van der Waals surface area contributed by atoms with Crippen molar-refractivity contribution in [1.29, 1.82) is 0 Å². The molecule has 0 atom stereocenters. The minimum absolute atomic E-state index is 0.0199. The third-order valence-corrected chi connectivity index (χ3v) is 3.14. The number of thiazole rings is 1. The van der Waals surface area contributed by atoms with Crippen LogP contribution in [0.4, 0.5) is 18.3 Å². The summed E-state index contributed by atoms with van der Waals surface area (Å²) >= 11 is 1.09. The van der Waals surface area contributed by atoms with E-state index >= 15 is 0 Å². The summed E-state index contributed by atoms with van der Waals surface area (Å²) in [6, 6.07) is 0. The molecule has 19 heavy (non-hydrogen) atoms. The molecule has 0 aliphatic carbocycles. The Kier molecular flexibility index (Phi) is 5.59. The standard InChI is InChI=1S/C11H15F3N2O2S/c1-3-16(7-11(12,13)14)10-15-8(6-19-10)5-9(17)18-4-2/h6H,3-5,7H2,1-2H3. The molecule has 0 amide bonds. The van der Waals surface area contributed by atoms with Gasteiger partial charge in [-0.05, 0) is 13.8 Å². The van der Waals surface area contributed by atoms with Gasteiger partial charge in [0.05, 0.1) is 18.7 Å². The predicted octanol–water partition coefficient (Wildman–Crippen LogP) is 2.64. The monoisotopic (exact) mass is 296 g/mol. The number of halogens is 3. The van der Waals surface area contributed by atoms with Crippen molar-refractivity contribution in [3.63, 3.8) is 0 Å². The highest BCUT2D eigenvalue weighted by molar-refractivity contribution is 7.13. The molecule has 0 bridgehead atoms. The number of esters is 1. The SMILES string of the molecule is CCOC(=O)Cc1csc(N(CC)CC(F)(F)F)n1. The number of carbonyl (C=O) groups is 1. The van der Waals surface area contributed by atoms with E-state index < -0.39 is 18.7 Å². The zero-order valence-electron chi connectivity index (χ0n) is 10.7. The first kappa shape index (κ1) is 15.7. The molecule has 8 heteroatoms. The van der Waals surface area contributed by atoms with Gasteiger partial charge in [-0.25, -0.2) is 4.98 Å². The van der Waals surface area contributed by atoms with Crippen LogP contribution < -0.4 is 4.90 Å². The smallest absolute Gasteiger partial charge is 0.406 e. The van der Waals surface area contributed by atoms with E-state index in [4.69, 9.17) is 4.74 Å². The van der Waals surface area contributed by atoms with Crippen LogP contribution in [0.2, 0.25) is 0 Å². The number of alkyl halides is 3. The van der Waals surface area contributed by atoms with E-state index in [0.717, 1.165) is 16.2 Å². The molecule has 0 aromatic carbocycles. The fourth-order valence-electron chi connectivity index (χ4n) is 1.41. The van der Waals surface area contributed by atoms with Crippen LogP contribution in [-0.2, 0) is 16.0 Å². The van der Waals surface area contributed by atoms with Crippen LogP contribution in [0, 0.1) is 0 Å². The Morgan fingerprint density at radius 2 is 2.16 bits per heavy atom. The highest BCUT2D eigenvalue weighted by atomic mass is 32.1. The molecule has 1 heterocycles. The van der Waals surface area contributed by atoms with Crippen LogP contribution in [-0.4, -0.2) is 36.8 Å². The van der Waals surface area contributed by atoms with Crippen LogP contribution in [0.25, 0.3) is 0 Å². The average molecular weight is 296 g/mol. The van der Waals surface area contributed by atoms with Crippen molar-refractivity contribution in [1.82, 2.24) is 4.98 Å². The second-order valence-electron chi connectivity index (χ2n) is 3.73. The maximum absolute atomic E-state index is 12.4. The van der Waals surface area contributed by atoms with Crippen LogP contribution in [0.5, 0.6) is 0 Å². The Morgan fingerprint density at radius 1 is 1.47 bits per heavy atom. The summed E-state index contributed by atoms with van der Waals surface area (Å²) < 4.78 is 41.8. The van der Waals surface area contributed by atoms with Gasteiger partial charge < -0.3 is 9.64 Å². The van der Waals surface area contributed by atoms with Crippen molar-refractivity contribution in [2.24, 2.45) is 0 Å². The molecule has 0 saturated carbocycles. The average Bonchev–Trinajstić information content (AvgIpc) is 2.73. The Balaban J connectivity index is 2.69. The maximum atomic E-state index is 12.4. The van der Waals surface area contributed by atoms with Gasteiger partial charge in [0.15, 0.2) is 5.13 Å². The normalized spacial score (nSPS) is 11.4. The molecule has 1 rings (SSSR count). The van der Waals surface area contributed by atoms with Crippen LogP contribution >= 0.6 is 11.3 Å². The third kappa shape index (κ3) is 5.46. The second kappa shape index (κ2) is 6.74. The molecule has 0 aliphatic heterocycles. The van der Waals surface area contributed by atoms with Gasteiger partial charge in [-0.2, -0.15) is 13.2 Å². The maximum Gasteiger partial charge on any atom is 0.406 e. The molecule has 1 aromatic heterocycles. The first-order chi connectivity index (χ1) is 8.85. The molecule has 0 spiro atoms. The molecule has 0 saturated heterocycles. The summed E-state index contributed by atoms with van der Waals surface area (Å²) in [6.07, 6.45) is -4.29. The summed E-state index contributed by atoms with van der Waals surface area (Å²) in [5, 5.41) is 1.84. The highest BCUT2D eigenvalue weighted by Gasteiger charge is 2.31. The molecule has 108 valence electrons. The summed E-state index contributed by atoms with van der Waals surface area (Å²) in [6.45, 7) is 2.73. The Morgan fingerprint density at radius 3 is 2.68 bits per heavy atom. The number of rotatable bonds is 6. The number of carbonyl (C=O) groups excluding carboxylic acids is 1. The van der Waals surface area contributed by atoms with Gasteiger partial charge in [-0.15, -0.1) is 11.3 Å². The molecule has 4 nitrogen and oxygen atoms in total. The van der Waals surface area contributed by atoms with Gasteiger partial charge in [0.1, 0.15) is 6.54 Å². The van der Waals surface area contributed by atoms with Gasteiger partial charge in [-0.3, -0.25) is 4.79 Å². The largest absolute Gasteiger partial charge is 0.466 e. The van der Waals surface area contributed by atoms with Crippen LogP contribution in [0.3, 0.4) is 0 Å². The Labute approximate surface area is 113 Å². The number of anilines is 1. The molecule has 0 unspecified atom stereocenters. The molecule has 0 aliphatic rings. The number of hydrogen-bond donors (Lipinski definition) is 0. The fraction of sp³-hybridized carbons (Fsp3) is 0.636. The van der Waals surface area contributed by atoms with Crippen molar-refractivity contribution in [3.05, 3.63) is 11.1 Å². The molecular formula is C11H15F3N2O2S. The first-order valence-electron chi connectivity index (χ1n) is 5.77. The number of nitrogens with zero attached hydrogens (tertiary/aromatic N) is 2. The minimum Gasteiger partial charge on any atom is -0.466 e. The van der Waals surface area contributed by atoms with Gasteiger partial charge >= 0.3 is 12.1 Å². The Bertz CT molecular complexity index is 420. The van der Waals surface area contributed by atoms with Gasteiger partial charge in [0, 0.05) is 11.9 Å². The molecule has 0 fully saturated rings. The van der Waals surface area contributed by atoms with Gasteiger partial charge in [-0.1, -0.05) is 0 Å². The lowest BCUT2D eigenvalue weighted by Crippen LogP contribution is -2.34. The number of aromatic nitrogens is 1. The molecular weight excluding hydrogens is 281 g/mol. The van der Waals surface area contributed by atoms with E-state index in [1.165, 1.54) is 0 Å². The van der Waals surface area contributed by atoms with Crippen molar-refractivity contribution < 1.29 is 22.7 Å². The summed E-state index contributed by atoms with van der Waals surface area (Å²) in [5.41, 5.74) is 0.430. The van der Waals surface area contributed by atoms with E-state index in [2.05, 4.69) is 4.98 Å². The zero-order valence-corrected chi connectivity index (χ0v) is 11.5. The third-order valence-electron chi connectivity index (χ3n) is 2.19. The van der Waals surface area contributed by atoms with E-state index in [-0.39, 0.29) is 24.7 Å². The molecule has 0 radical (unpaired) electrons. The van der Waals surface area contributed by atoms with Crippen molar-refractivity contribution >= 4 is 22.4 Å². The lowest BCUT2D eigenvalue weighted by Gasteiger charge is -2.21. The summed E-state index contributed by atoms with van der Waals surface area (Å²) in [4.78, 5) is 16.4.